The number of allylic oxidation sites excluding steroid dienone is 8. The average Bonchev–Trinajstić information content (AvgIpc) is 2.70. The molecule has 132 valence electrons. The first-order valence-electron chi connectivity index (χ1n) is 8.44. The number of methoxy groups -OCH3 is 2. The lowest BCUT2D eigenvalue weighted by atomic mass is 10.2. The van der Waals surface area contributed by atoms with Crippen LogP contribution in [-0.4, -0.2) is 14.2 Å². The predicted octanol–water partition coefficient (Wildman–Crippen LogP) is 6.10. The van der Waals surface area contributed by atoms with Gasteiger partial charge in [0.15, 0.2) is 0 Å². The summed E-state index contributed by atoms with van der Waals surface area (Å²) in [6, 6.07) is 15.9. The quantitative estimate of drug-likeness (QED) is 0.539. The van der Waals surface area contributed by atoms with Crippen molar-refractivity contribution in [1.29, 1.82) is 0 Å². The molecule has 2 aromatic rings. The Kier molecular flexibility index (Phi) is 8.30. The summed E-state index contributed by atoms with van der Waals surface area (Å²) in [6.07, 6.45) is 20.1. The summed E-state index contributed by atoms with van der Waals surface area (Å²) in [5.41, 5.74) is 2.28. The number of hydrogen-bond acceptors (Lipinski definition) is 2. The van der Waals surface area contributed by atoms with E-state index in [1.165, 1.54) is 0 Å². The molecule has 0 aliphatic heterocycles. The highest BCUT2D eigenvalue weighted by atomic mass is 16.5. The van der Waals surface area contributed by atoms with Gasteiger partial charge in [0, 0.05) is 0 Å². The lowest BCUT2D eigenvalue weighted by Crippen LogP contribution is -1.81. The molecule has 0 aromatic heterocycles. The first-order chi connectivity index (χ1) is 12.8. The van der Waals surface area contributed by atoms with Crippen LogP contribution in [0.25, 0.3) is 12.2 Å². The molecule has 0 aliphatic rings. The van der Waals surface area contributed by atoms with E-state index in [4.69, 9.17) is 9.47 Å². The van der Waals surface area contributed by atoms with E-state index in [0.29, 0.717) is 0 Å². The molecule has 0 radical (unpaired) electrons. The summed E-state index contributed by atoms with van der Waals surface area (Å²) in [5, 5.41) is 0. The molecule has 26 heavy (non-hydrogen) atoms. The fraction of sp³-hybridized carbons (Fsp3) is 0.0833. The van der Waals surface area contributed by atoms with Gasteiger partial charge in [-0.25, -0.2) is 0 Å². The Balaban J connectivity index is 1.73. The third-order valence-electron chi connectivity index (χ3n) is 3.59. The van der Waals surface area contributed by atoms with Gasteiger partial charge in [-0.2, -0.15) is 0 Å². The molecule has 2 aromatic carbocycles. The van der Waals surface area contributed by atoms with Crippen LogP contribution in [0.5, 0.6) is 11.5 Å². The highest BCUT2D eigenvalue weighted by Gasteiger charge is 1.89. The Hall–Kier alpha value is -3.26. The van der Waals surface area contributed by atoms with E-state index >= 15 is 0 Å². The van der Waals surface area contributed by atoms with Gasteiger partial charge in [0.25, 0.3) is 0 Å². The summed E-state index contributed by atoms with van der Waals surface area (Å²) in [6.45, 7) is 0. The van der Waals surface area contributed by atoms with Gasteiger partial charge in [0.1, 0.15) is 11.5 Å². The molecule has 0 saturated heterocycles. The van der Waals surface area contributed by atoms with Crippen LogP contribution in [0.4, 0.5) is 0 Å². The SMILES string of the molecule is COc1ccc(/C=C/C=C/C=C/C=C/C=C/c2ccc(OC)cc2)cc1. The molecule has 0 aliphatic carbocycles. The van der Waals surface area contributed by atoms with E-state index in [2.05, 4.69) is 12.2 Å². The Morgan fingerprint density at radius 3 is 1.08 bits per heavy atom. The van der Waals surface area contributed by atoms with E-state index in [1.54, 1.807) is 14.2 Å². The molecular weight excluding hydrogens is 320 g/mol. The fourth-order valence-electron chi connectivity index (χ4n) is 2.15. The predicted molar refractivity (Wildman–Crippen MR) is 111 cm³/mol. The topological polar surface area (TPSA) is 18.5 Å². The van der Waals surface area contributed by atoms with Crippen LogP contribution in [0.1, 0.15) is 11.1 Å². The van der Waals surface area contributed by atoms with Crippen molar-refractivity contribution < 1.29 is 9.47 Å². The smallest absolute Gasteiger partial charge is 0.118 e. The fourth-order valence-corrected chi connectivity index (χ4v) is 2.15. The Labute approximate surface area is 156 Å². The van der Waals surface area contributed by atoms with E-state index in [0.717, 1.165) is 22.6 Å². The Morgan fingerprint density at radius 2 is 0.769 bits per heavy atom. The van der Waals surface area contributed by atoms with E-state index < -0.39 is 0 Å². The van der Waals surface area contributed by atoms with Gasteiger partial charge in [-0.15, -0.1) is 0 Å². The van der Waals surface area contributed by atoms with Gasteiger partial charge in [-0.1, -0.05) is 85.0 Å². The number of hydrogen-bond donors (Lipinski definition) is 0. The van der Waals surface area contributed by atoms with Gasteiger partial charge in [0.05, 0.1) is 14.2 Å². The third kappa shape index (κ3) is 7.10. The zero-order valence-electron chi connectivity index (χ0n) is 15.2. The van der Waals surface area contributed by atoms with E-state index in [9.17, 15) is 0 Å². The molecule has 0 atom stereocenters. The first-order valence-corrected chi connectivity index (χ1v) is 8.44. The maximum Gasteiger partial charge on any atom is 0.118 e. The van der Waals surface area contributed by atoms with Crippen LogP contribution in [0.3, 0.4) is 0 Å². The van der Waals surface area contributed by atoms with Crippen LogP contribution < -0.4 is 9.47 Å². The molecule has 0 N–H and O–H groups in total. The molecule has 0 saturated carbocycles. The Morgan fingerprint density at radius 1 is 0.462 bits per heavy atom. The van der Waals surface area contributed by atoms with Crippen molar-refractivity contribution in [1.82, 2.24) is 0 Å². The lowest BCUT2D eigenvalue weighted by Gasteiger charge is -1.98. The monoisotopic (exact) mass is 344 g/mol. The van der Waals surface area contributed by atoms with Crippen LogP contribution in [0.15, 0.2) is 97.1 Å². The second-order valence-corrected chi connectivity index (χ2v) is 5.42. The van der Waals surface area contributed by atoms with Crippen LogP contribution in [0, 0.1) is 0 Å². The minimum Gasteiger partial charge on any atom is -0.497 e. The minimum absolute atomic E-state index is 0.869. The van der Waals surface area contributed by atoms with Crippen molar-refractivity contribution in [3.05, 3.63) is 108 Å². The molecule has 0 fully saturated rings. The minimum atomic E-state index is 0.869. The van der Waals surface area contributed by atoms with Gasteiger partial charge in [-0.3, -0.25) is 0 Å². The maximum absolute atomic E-state index is 5.14. The maximum atomic E-state index is 5.14. The standard InChI is InChI=1S/C24H24O2/c1-25-23-17-13-21(14-18-23)11-9-7-5-3-4-6-8-10-12-22-15-19-24(26-2)20-16-22/h3-20H,1-2H3/b4-3+,7-5+,8-6+,11-9+,12-10+. The van der Waals surface area contributed by atoms with Crippen LogP contribution >= 0.6 is 0 Å². The summed E-state index contributed by atoms with van der Waals surface area (Å²) in [5.74, 6) is 1.74. The second-order valence-electron chi connectivity index (χ2n) is 5.42. The highest BCUT2D eigenvalue weighted by Crippen LogP contribution is 2.13. The number of benzene rings is 2. The van der Waals surface area contributed by atoms with Gasteiger partial charge in [0.2, 0.25) is 0 Å². The van der Waals surface area contributed by atoms with Crippen LogP contribution in [-0.2, 0) is 0 Å². The molecule has 0 bridgehead atoms. The molecule has 0 spiro atoms. The molecule has 0 heterocycles. The lowest BCUT2D eigenvalue weighted by molar-refractivity contribution is 0.414. The molecule has 0 amide bonds. The molecule has 2 nitrogen and oxygen atoms in total. The summed E-state index contributed by atoms with van der Waals surface area (Å²) < 4.78 is 10.3. The van der Waals surface area contributed by atoms with E-state index in [1.807, 2.05) is 97.1 Å². The normalized spacial score (nSPS) is 12.2. The van der Waals surface area contributed by atoms with Crippen molar-refractivity contribution in [2.24, 2.45) is 0 Å². The molecule has 2 heteroatoms. The van der Waals surface area contributed by atoms with Gasteiger partial charge in [-0.05, 0) is 35.4 Å². The van der Waals surface area contributed by atoms with Crippen molar-refractivity contribution in [3.8, 4) is 11.5 Å². The zero-order valence-corrected chi connectivity index (χ0v) is 15.2. The Bertz CT molecular complexity index is 720. The largest absolute Gasteiger partial charge is 0.497 e. The third-order valence-corrected chi connectivity index (χ3v) is 3.59. The summed E-state index contributed by atoms with van der Waals surface area (Å²) in [7, 11) is 3.34. The van der Waals surface area contributed by atoms with Gasteiger partial charge >= 0.3 is 0 Å². The average molecular weight is 344 g/mol. The highest BCUT2D eigenvalue weighted by molar-refractivity contribution is 5.53. The molecule has 0 unspecified atom stereocenters. The molecule has 2 rings (SSSR count). The van der Waals surface area contributed by atoms with Crippen molar-refractivity contribution in [3.63, 3.8) is 0 Å². The summed E-state index contributed by atoms with van der Waals surface area (Å²) in [4.78, 5) is 0. The first kappa shape index (κ1) is 19.1. The van der Waals surface area contributed by atoms with Crippen molar-refractivity contribution in [2.45, 2.75) is 0 Å². The number of rotatable bonds is 8. The summed E-state index contributed by atoms with van der Waals surface area (Å²) >= 11 is 0. The van der Waals surface area contributed by atoms with Crippen molar-refractivity contribution in [2.75, 3.05) is 14.2 Å². The van der Waals surface area contributed by atoms with Crippen LogP contribution in [0.2, 0.25) is 0 Å². The number of ether oxygens (including phenoxy) is 2. The second kappa shape index (κ2) is 11.3. The molecular formula is C24H24O2. The van der Waals surface area contributed by atoms with E-state index in [-0.39, 0.29) is 0 Å². The zero-order chi connectivity index (χ0) is 18.5. The van der Waals surface area contributed by atoms with Gasteiger partial charge < -0.3 is 9.47 Å². The van der Waals surface area contributed by atoms with Crippen molar-refractivity contribution >= 4 is 12.2 Å².